The summed E-state index contributed by atoms with van der Waals surface area (Å²) in [5.74, 6) is -0.0975. The molecule has 1 amide bonds. The Morgan fingerprint density at radius 2 is 1.92 bits per heavy atom. The SMILES string of the molecule is CCCc1ccc(-c2cc(C(=O)Nc3sc4c(c3C(=O)OC)CCC(C)C4)c3ccccc3n2)cc1. The molecule has 5 rings (SSSR count). The van der Waals surface area contributed by atoms with Crippen molar-refractivity contribution in [2.45, 2.75) is 46.0 Å². The van der Waals surface area contributed by atoms with Crippen molar-refractivity contribution in [3.8, 4) is 11.3 Å². The number of benzene rings is 2. The van der Waals surface area contributed by atoms with Gasteiger partial charge in [0, 0.05) is 15.8 Å². The quantitative estimate of drug-likeness (QED) is 0.288. The van der Waals surface area contributed by atoms with Gasteiger partial charge in [-0.3, -0.25) is 4.79 Å². The standard InChI is InChI=1S/C30H30N2O3S/c1-4-7-19-11-13-20(14-12-19)25-17-23(21-8-5-6-9-24(21)31-25)28(33)32-29-27(30(34)35-3)22-15-10-18(2)16-26(22)36-29/h5-6,8-9,11-14,17-18H,4,7,10,15-16H2,1-3H3,(H,32,33). The molecular weight excluding hydrogens is 468 g/mol. The van der Waals surface area contributed by atoms with E-state index >= 15 is 0 Å². The first kappa shape index (κ1) is 24.2. The number of aromatic nitrogens is 1. The number of carbonyl (C=O) groups excluding carboxylic acids is 2. The van der Waals surface area contributed by atoms with Gasteiger partial charge in [0.2, 0.25) is 0 Å². The number of nitrogens with zero attached hydrogens (tertiary/aromatic N) is 1. The van der Waals surface area contributed by atoms with E-state index in [0.29, 0.717) is 22.0 Å². The fourth-order valence-electron chi connectivity index (χ4n) is 4.97. The molecule has 2 aromatic carbocycles. The number of ether oxygens (including phenoxy) is 1. The highest BCUT2D eigenvalue weighted by Gasteiger charge is 2.29. The van der Waals surface area contributed by atoms with Crippen LogP contribution in [0.25, 0.3) is 22.2 Å². The molecule has 1 N–H and O–H groups in total. The third-order valence-corrected chi connectivity index (χ3v) is 8.05. The second kappa shape index (κ2) is 10.2. The van der Waals surface area contributed by atoms with Gasteiger partial charge in [0.1, 0.15) is 5.00 Å². The van der Waals surface area contributed by atoms with Crippen LogP contribution in [0, 0.1) is 5.92 Å². The van der Waals surface area contributed by atoms with Crippen molar-refractivity contribution in [3.63, 3.8) is 0 Å². The number of hydrogen-bond acceptors (Lipinski definition) is 5. The summed E-state index contributed by atoms with van der Waals surface area (Å²) in [7, 11) is 1.39. The number of hydrogen-bond donors (Lipinski definition) is 1. The van der Waals surface area contributed by atoms with Crippen LogP contribution in [-0.2, 0) is 24.0 Å². The maximum Gasteiger partial charge on any atom is 0.341 e. The fourth-order valence-corrected chi connectivity index (χ4v) is 6.36. The van der Waals surface area contributed by atoms with Crippen molar-refractivity contribution < 1.29 is 14.3 Å². The first-order valence-electron chi connectivity index (χ1n) is 12.5. The zero-order valence-electron chi connectivity index (χ0n) is 20.9. The lowest BCUT2D eigenvalue weighted by Gasteiger charge is -2.18. The smallest absolute Gasteiger partial charge is 0.341 e. The van der Waals surface area contributed by atoms with Crippen molar-refractivity contribution in [3.05, 3.63) is 81.7 Å². The molecule has 1 aliphatic rings. The molecule has 0 bridgehead atoms. The van der Waals surface area contributed by atoms with Gasteiger partial charge in [0.15, 0.2) is 0 Å². The van der Waals surface area contributed by atoms with Gasteiger partial charge in [-0.25, -0.2) is 9.78 Å². The Kier molecular flexibility index (Phi) is 6.88. The van der Waals surface area contributed by atoms with Crippen molar-refractivity contribution >= 4 is 39.1 Å². The Hall–Kier alpha value is -3.51. The minimum atomic E-state index is -0.398. The van der Waals surface area contributed by atoms with Crippen LogP contribution in [0.5, 0.6) is 0 Å². The molecule has 0 saturated carbocycles. The number of esters is 1. The van der Waals surface area contributed by atoms with Gasteiger partial charge in [0.25, 0.3) is 5.91 Å². The van der Waals surface area contributed by atoms with E-state index in [9.17, 15) is 9.59 Å². The lowest BCUT2D eigenvalue weighted by Crippen LogP contribution is -2.16. The summed E-state index contributed by atoms with van der Waals surface area (Å²) in [6, 6.07) is 17.9. The molecule has 6 heteroatoms. The first-order chi connectivity index (χ1) is 17.5. The van der Waals surface area contributed by atoms with Crippen molar-refractivity contribution in [2.24, 2.45) is 5.92 Å². The third kappa shape index (κ3) is 4.65. The molecule has 184 valence electrons. The van der Waals surface area contributed by atoms with Gasteiger partial charge in [-0.1, -0.05) is 62.7 Å². The maximum atomic E-state index is 13.7. The summed E-state index contributed by atoms with van der Waals surface area (Å²) < 4.78 is 5.10. The van der Waals surface area contributed by atoms with Crippen molar-refractivity contribution in [2.75, 3.05) is 12.4 Å². The summed E-state index contributed by atoms with van der Waals surface area (Å²) in [6.45, 7) is 4.39. The molecule has 4 aromatic rings. The molecule has 0 aliphatic heterocycles. The number of fused-ring (bicyclic) bond motifs is 2. The molecule has 1 aliphatic carbocycles. The molecule has 0 fully saturated rings. The minimum absolute atomic E-state index is 0.255. The molecule has 2 aromatic heterocycles. The van der Waals surface area contributed by atoms with E-state index in [-0.39, 0.29) is 5.91 Å². The number of rotatable bonds is 6. The highest BCUT2D eigenvalue weighted by atomic mass is 32.1. The molecule has 0 saturated heterocycles. The lowest BCUT2D eigenvalue weighted by molar-refractivity contribution is 0.0601. The zero-order chi connectivity index (χ0) is 25.2. The highest BCUT2D eigenvalue weighted by Crippen LogP contribution is 2.40. The fraction of sp³-hybridized carbons (Fsp3) is 0.300. The van der Waals surface area contributed by atoms with E-state index in [1.807, 2.05) is 30.3 Å². The molecular formula is C30H30N2O3S. The number of anilines is 1. The van der Waals surface area contributed by atoms with Crippen LogP contribution in [0.2, 0.25) is 0 Å². The average Bonchev–Trinajstić information content (AvgIpc) is 3.24. The molecule has 0 radical (unpaired) electrons. The minimum Gasteiger partial charge on any atom is -0.465 e. The average molecular weight is 499 g/mol. The van der Waals surface area contributed by atoms with Crippen LogP contribution in [0.1, 0.15) is 63.4 Å². The largest absolute Gasteiger partial charge is 0.465 e. The summed E-state index contributed by atoms with van der Waals surface area (Å²) in [4.78, 5) is 32.4. The van der Waals surface area contributed by atoms with E-state index in [4.69, 9.17) is 9.72 Å². The third-order valence-electron chi connectivity index (χ3n) is 6.88. The lowest BCUT2D eigenvalue weighted by atomic mass is 9.88. The number of aryl methyl sites for hydroxylation is 1. The van der Waals surface area contributed by atoms with E-state index in [0.717, 1.165) is 64.7 Å². The monoisotopic (exact) mass is 498 g/mol. The Balaban J connectivity index is 1.55. The Labute approximate surface area is 215 Å². The summed E-state index contributed by atoms with van der Waals surface area (Å²) in [5, 5.41) is 4.40. The van der Waals surface area contributed by atoms with Crippen LogP contribution < -0.4 is 5.32 Å². The summed E-state index contributed by atoms with van der Waals surface area (Å²) in [6.07, 6.45) is 4.89. The number of amides is 1. The van der Waals surface area contributed by atoms with Gasteiger partial charge >= 0.3 is 5.97 Å². The van der Waals surface area contributed by atoms with Crippen LogP contribution in [0.3, 0.4) is 0 Å². The second-order valence-corrected chi connectivity index (χ2v) is 10.6. The maximum absolute atomic E-state index is 13.7. The number of carbonyl (C=O) groups is 2. The molecule has 36 heavy (non-hydrogen) atoms. The van der Waals surface area contributed by atoms with E-state index in [1.54, 1.807) is 0 Å². The van der Waals surface area contributed by atoms with E-state index in [1.165, 1.54) is 24.0 Å². The highest BCUT2D eigenvalue weighted by molar-refractivity contribution is 7.17. The van der Waals surface area contributed by atoms with Gasteiger partial charge in [-0.2, -0.15) is 0 Å². The predicted molar refractivity (Wildman–Crippen MR) is 146 cm³/mol. The van der Waals surface area contributed by atoms with Crippen LogP contribution >= 0.6 is 11.3 Å². The predicted octanol–water partition coefficient (Wildman–Crippen LogP) is 7.08. The molecule has 1 unspecified atom stereocenters. The van der Waals surface area contributed by atoms with Crippen molar-refractivity contribution in [1.82, 2.24) is 4.98 Å². The van der Waals surface area contributed by atoms with Gasteiger partial charge in [-0.05, 0) is 54.9 Å². The topological polar surface area (TPSA) is 68.3 Å². The molecule has 5 nitrogen and oxygen atoms in total. The Morgan fingerprint density at radius 1 is 1.14 bits per heavy atom. The second-order valence-electron chi connectivity index (χ2n) is 9.52. The molecule has 1 atom stereocenters. The number of thiophene rings is 1. The normalized spacial score (nSPS) is 14.9. The van der Waals surface area contributed by atoms with E-state index in [2.05, 4.69) is 43.4 Å². The van der Waals surface area contributed by atoms with Crippen LogP contribution in [0.4, 0.5) is 5.00 Å². The number of pyridine rings is 1. The number of methoxy groups -OCH3 is 1. The van der Waals surface area contributed by atoms with Gasteiger partial charge in [0.05, 0.1) is 29.4 Å². The zero-order valence-corrected chi connectivity index (χ0v) is 21.7. The van der Waals surface area contributed by atoms with Crippen LogP contribution in [0.15, 0.2) is 54.6 Å². The Bertz CT molecular complexity index is 1440. The molecule has 2 heterocycles. The number of nitrogens with one attached hydrogen (secondary N) is 1. The molecule has 0 spiro atoms. The van der Waals surface area contributed by atoms with Gasteiger partial charge < -0.3 is 10.1 Å². The van der Waals surface area contributed by atoms with Crippen LogP contribution in [-0.4, -0.2) is 24.0 Å². The van der Waals surface area contributed by atoms with Crippen molar-refractivity contribution in [1.29, 1.82) is 0 Å². The first-order valence-corrected chi connectivity index (χ1v) is 13.3. The summed E-state index contributed by atoms with van der Waals surface area (Å²) >= 11 is 1.50. The Morgan fingerprint density at radius 3 is 2.67 bits per heavy atom. The number of para-hydroxylation sites is 1. The summed E-state index contributed by atoms with van der Waals surface area (Å²) in [5.41, 5.74) is 5.80. The van der Waals surface area contributed by atoms with E-state index < -0.39 is 5.97 Å². The van der Waals surface area contributed by atoms with Gasteiger partial charge in [-0.15, -0.1) is 11.3 Å².